The second-order valence-electron chi connectivity index (χ2n) is 6.92. The van der Waals surface area contributed by atoms with E-state index in [1.54, 1.807) is 11.7 Å². The van der Waals surface area contributed by atoms with Crippen molar-refractivity contribution in [1.82, 2.24) is 29.8 Å². The lowest BCUT2D eigenvalue weighted by molar-refractivity contribution is 0.0609. The van der Waals surface area contributed by atoms with Crippen molar-refractivity contribution in [2.45, 2.75) is 46.1 Å². The zero-order chi connectivity index (χ0) is 19.0. The number of H-pyrrole nitrogens is 1. The van der Waals surface area contributed by atoms with Crippen molar-refractivity contribution in [1.29, 1.82) is 0 Å². The first kappa shape index (κ1) is 17.8. The van der Waals surface area contributed by atoms with Crippen molar-refractivity contribution in [3.63, 3.8) is 0 Å². The predicted octanol–water partition coefficient (Wildman–Crippen LogP) is 3.62. The summed E-state index contributed by atoms with van der Waals surface area (Å²) in [5, 5.41) is 0. The maximum atomic E-state index is 13.1. The molecule has 1 atom stereocenters. The van der Waals surface area contributed by atoms with Crippen molar-refractivity contribution >= 4 is 17.2 Å². The first-order valence-electron chi connectivity index (χ1n) is 9.11. The maximum Gasteiger partial charge on any atom is 0.266 e. The normalized spacial score (nSPS) is 17.3. The Kier molecular flexibility index (Phi) is 4.73. The van der Waals surface area contributed by atoms with E-state index < -0.39 is 0 Å². The number of carbonyl (C=O) groups excluding carboxylic acids is 1. The molecule has 1 amide bonds. The fourth-order valence-electron chi connectivity index (χ4n) is 3.55. The molecule has 1 saturated heterocycles. The largest absolute Gasteiger partial charge is 0.341 e. The number of rotatable bonds is 3. The van der Waals surface area contributed by atoms with Gasteiger partial charge in [-0.2, -0.15) is 0 Å². The number of aromatic amines is 1. The molecule has 0 spiro atoms. The minimum Gasteiger partial charge on any atom is -0.341 e. The first-order valence-corrected chi connectivity index (χ1v) is 9.99. The van der Waals surface area contributed by atoms with Gasteiger partial charge < -0.3 is 9.88 Å². The van der Waals surface area contributed by atoms with Crippen molar-refractivity contribution in [2.75, 3.05) is 6.54 Å². The van der Waals surface area contributed by atoms with Gasteiger partial charge >= 0.3 is 0 Å². The summed E-state index contributed by atoms with van der Waals surface area (Å²) in [4.78, 5) is 36.9. The van der Waals surface area contributed by atoms with Crippen LogP contribution in [-0.4, -0.2) is 42.3 Å². The molecule has 0 aliphatic carbocycles. The molecule has 0 unspecified atom stereocenters. The molecule has 0 bridgehead atoms. The lowest BCUT2D eigenvalue weighted by Gasteiger charge is -2.35. The number of amides is 1. The van der Waals surface area contributed by atoms with E-state index in [1.165, 1.54) is 11.3 Å². The molecule has 3 aromatic rings. The number of likely N-dealkylation sites (tertiary alicyclic amines) is 1. The third-order valence-electron chi connectivity index (χ3n) is 4.85. The molecule has 1 aliphatic heterocycles. The maximum absolute atomic E-state index is 13.1. The van der Waals surface area contributed by atoms with E-state index in [0.29, 0.717) is 5.82 Å². The van der Waals surface area contributed by atoms with Crippen LogP contribution < -0.4 is 0 Å². The van der Waals surface area contributed by atoms with Gasteiger partial charge in [0.25, 0.3) is 5.91 Å². The molecule has 7 nitrogen and oxygen atoms in total. The van der Waals surface area contributed by atoms with Crippen LogP contribution >= 0.6 is 11.3 Å². The van der Waals surface area contributed by atoms with Crippen molar-refractivity contribution in [2.24, 2.45) is 0 Å². The quantitative estimate of drug-likeness (QED) is 0.747. The molecular formula is C19H22N6OS. The van der Waals surface area contributed by atoms with Gasteiger partial charge in [0.15, 0.2) is 5.82 Å². The average molecular weight is 382 g/mol. The zero-order valence-corrected chi connectivity index (χ0v) is 16.5. The van der Waals surface area contributed by atoms with Crippen LogP contribution in [0.4, 0.5) is 0 Å². The summed E-state index contributed by atoms with van der Waals surface area (Å²) in [7, 11) is 0. The zero-order valence-electron chi connectivity index (χ0n) is 15.7. The number of hydrogen-bond donors (Lipinski definition) is 1. The Morgan fingerprint density at radius 1 is 1.22 bits per heavy atom. The Labute approximate surface area is 161 Å². The minimum atomic E-state index is -0.0516. The predicted molar refractivity (Wildman–Crippen MR) is 104 cm³/mol. The molecule has 0 saturated carbocycles. The van der Waals surface area contributed by atoms with Crippen molar-refractivity contribution in [3.8, 4) is 11.5 Å². The van der Waals surface area contributed by atoms with Crippen LogP contribution in [0.2, 0.25) is 0 Å². The second-order valence-corrected chi connectivity index (χ2v) is 7.77. The number of aryl methyl sites for hydroxylation is 3. The van der Waals surface area contributed by atoms with E-state index in [0.717, 1.165) is 59.3 Å². The summed E-state index contributed by atoms with van der Waals surface area (Å²) >= 11 is 1.40. The highest BCUT2D eigenvalue weighted by Gasteiger charge is 2.31. The van der Waals surface area contributed by atoms with Gasteiger partial charge in [-0.3, -0.25) is 4.79 Å². The smallest absolute Gasteiger partial charge is 0.266 e. The molecule has 27 heavy (non-hydrogen) atoms. The monoisotopic (exact) mass is 382 g/mol. The molecule has 1 N–H and O–H groups in total. The lowest BCUT2D eigenvalue weighted by Crippen LogP contribution is -2.39. The molecule has 0 aromatic carbocycles. The van der Waals surface area contributed by atoms with Gasteiger partial charge in [0, 0.05) is 18.4 Å². The average Bonchev–Trinajstić information content (AvgIpc) is 3.29. The first-order chi connectivity index (χ1) is 13.0. The van der Waals surface area contributed by atoms with Crippen molar-refractivity contribution in [3.05, 3.63) is 45.6 Å². The van der Waals surface area contributed by atoms with E-state index in [-0.39, 0.29) is 11.9 Å². The highest BCUT2D eigenvalue weighted by molar-refractivity contribution is 7.11. The Bertz CT molecular complexity index is 978. The van der Waals surface area contributed by atoms with E-state index in [1.807, 2.05) is 31.7 Å². The molecule has 1 fully saturated rings. The number of carbonyl (C=O) groups is 1. The van der Waals surface area contributed by atoms with Gasteiger partial charge in [-0.15, -0.1) is 11.3 Å². The molecule has 8 heteroatoms. The summed E-state index contributed by atoms with van der Waals surface area (Å²) in [5.41, 5.74) is 5.14. The van der Waals surface area contributed by atoms with E-state index in [4.69, 9.17) is 0 Å². The van der Waals surface area contributed by atoms with Crippen LogP contribution in [0.5, 0.6) is 0 Å². The molecule has 140 valence electrons. The topological polar surface area (TPSA) is 87.7 Å². The highest BCUT2D eigenvalue weighted by Crippen LogP contribution is 2.33. The summed E-state index contributed by atoms with van der Waals surface area (Å²) in [6.07, 6.45) is 4.77. The van der Waals surface area contributed by atoms with Gasteiger partial charge in [-0.25, -0.2) is 19.9 Å². The molecule has 3 aromatic heterocycles. The molecule has 0 radical (unpaired) electrons. The Hall–Kier alpha value is -2.61. The second kappa shape index (κ2) is 7.19. The van der Waals surface area contributed by atoms with Gasteiger partial charge in [-0.1, -0.05) is 0 Å². The number of piperidine rings is 1. The van der Waals surface area contributed by atoms with Crippen LogP contribution in [0.25, 0.3) is 11.5 Å². The summed E-state index contributed by atoms with van der Waals surface area (Å²) in [5.74, 6) is 1.46. The lowest BCUT2D eigenvalue weighted by atomic mass is 9.98. The van der Waals surface area contributed by atoms with E-state index in [2.05, 4.69) is 24.9 Å². The Morgan fingerprint density at radius 2 is 2.07 bits per heavy atom. The van der Waals surface area contributed by atoms with Gasteiger partial charge in [0.2, 0.25) is 0 Å². The van der Waals surface area contributed by atoms with Gasteiger partial charge in [-0.05, 0) is 46.1 Å². The number of nitrogens with zero attached hydrogens (tertiary/aromatic N) is 5. The van der Waals surface area contributed by atoms with Gasteiger partial charge in [0.05, 0.1) is 22.9 Å². The number of imidazole rings is 1. The third kappa shape index (κ3) is 3.49. The molecular weight excluding hydrogens is 360 g/mol. The fraction of sp³-hybridized carbons (Fsp3) is 0.421. The number of nitrogens with one attached hydrogen (secondary N) is 1. The fourth-order valence-corrected chi connectivity index (χ4v) is 4.30. The van der Waals surface area contributed by atoms with Crippen molar-refractivity contribution < 1.29 is 4.79 Å². The van der Waals surface area contributed by atoms with E-state index in [9.17, 15) is 4.79 Å². The molecule has 4 rings (SSSR count). The number of aromatic nitrogens is 5. The Morgan fingerprint density at radius 3 is 2.78 bits per heavy atom. The Balaban J connectivity index is 1.71. The van der Waals surface area contributed by atoms with Crippen LogP contribution in [0.3, 0.4) is 0 Å². The van der Waals surface area contributed by atoms with Gasteiger partial charge in [0.1, 0.15) is 16.4 Å². The number of hydrogen-bond acceptors (Lipinski definition) is 6. The molecule has 4 heterocycles. The van der Waals surface area contributed by atoms with Crippen LogP contribution in [0.15, 0.2) is 17.8 Å². The molecule has 1 aliphatic rings. The van der Waals surface area contributed by atoms with E-state index >= 15 is 0 Å². The highest BCUT2D eigenvalue weighted by atomic mass is 32.1. The summed E-state index contributed by atoms with van der Waals surface area (Å²) in [6.45, 7) is 6.46. The summed E-state index contributed by atoms with van der Waals surface area (Å²) < 4.78 is 0. The summed E-state index contributed by atoms with van der Waals surface area (Å²) in [6, 6.07) is 1.91. The standard InChI is InChI=1S/C19H22N6OS/c1-11-9-20-18(22-11)15-8-14(23-13(3)24-15)16-6-4-5-7-25(16)19(26)17-12(2)21-10-27-17/h8-10,16H,4-7H2,1-3H3,(H,20,22)/t16-/m1/s1. The number of thiazole rings is 1. The van der Waals surface area contributed by atoms with Crippen LogP contribution in [0, 0.1) is 20.8 Å². The van der Waals surface area contributed by atoms with Crippen LogP contribution in [-0.2, 0) is 0 Å². The SMILES string of the molecule is Cc1nc(-c2ncc(C)[nH]2)cc([C@H]2CCCCN2C(=O)c2scnc2C)n1. The minimum absolute atomic E-state index is 0.0476. The van der Waals surface area contributed by atoms with Crippen LogP contribution in [0.1, 0.15) is 57.9 Å². The third-order valence-corrected chi connectivity index (χ3v) is 5.76.